The molecule has 0 atom stereocenters. The molecular formula is C10H11N3O. The number of rotatable bonds is 5. The van der Waals surface area contributed by atoms with Gasteiger partial charge in [0.1, 0.15) is 6.29 Å². The van der Waals surface area contributed by atoms with Gasteiger partial charge in [0, 0.05) is 17.0 Å². The van der Waals surface area contributed by atoms with Crippen LogP contribution in [0.4, 0.5) is 0 Å². The first-order valence-electron chi connectivity index (χ1n) is 4.42. The standard InChI is InChI=1S/C10H11N3O/c11-13-12-6-2-5-9-3-1-4-10(7-9)8-14/h1,3-4,7-8H,2,5-6H2. The van der Waals surface area contributed by atoms with Crippen molar-refractivity contribution < 1.29 is 4.79 Å². The van der Waals surface area contributed by atoms with Gasteiger partial charge in [0.05, 0.1) is 0 Å². The Morgan fingerprint density at radius 3 is 3.07 bits per heavy atom. The van der Waals surface area contributed by atoms with Crippen LogP contribution in [-0.4, -0.2) is 12.8 Å². The number of aldehydes is 1. The fraction of sp³-hybridized carbons (Fsp3) is 0.300. The van der Waals surface area contributed by atoms with Crippen LogP contribution in [0.15, 0.2) is 29.4 Å². The Balaban J connectivity index is 2.49. The average Bonchev–Trinajstić information content (AvgIpc) is 2.25. The van der Waals surface area contributed by atoms with Crippen LogP contribution in [0.5, 0.6) is 0 Å². The van der Waals surface area contributed by atoms with Gasteiger partial charge in [-0.05, 0) is 30.0 Å². The maximum absolute atomic E-state index is 10.5. The first-order chi connectivity index (χ1) is 6.86. The van der Waals surface area contributed by atoms with Crippen LogP contribution in [-0.2, 0) is 6.42 Å². The largest absolute Gasteiger partial charge is 0.298 e. The van der Waals surface area contributed by atoms with E-state index in [1.807, 2.05) is 18.2 Å². The Kier molecular flexibility index (Phi) is 4.24. The molecule has 4 heteroatoms. The number of aryl methyl sites for hydroxylation is 1. The van der Waals surface area contributed by atoms with E-state index in [1.54, 1.807) is 6.07 Å². The topological polar surface area (TPSA) is 65.8 Å². The van der Waals surface area contributed by atoms with Gasteiger partial charge >= 0.3 is 0 Å². The summed E-state index contributed by atoms with van der Waals surface area (Å²) in [4.78, 5) is 13.1. The Hall–Kier alpha value is -1.80. The lowest BCUT2D eigenvalue weighted by atomic mass is 10.1. The third-order valence-corrected chi connectivity index (χ3v) is 1.87. The highest BCUT2D eigenvalue weighted by atomic mass is 16.1. The summed E-state index contributed by atoms with van der Waals surface area (Å²) in [6.45, 7) is 0.502. The minimum atomic E-state index is 0.502. The van der Waals surface area contributed by atoms with Gasteiger partial charge in [0.15, 0.2) is 0 Å². The van der Waals surface area contributed by atoms with Crippen molar-refractivity contribution in [3.05, 3.63) is 45.8 Å². The summed E-state index contributed by atoms with van der Waals surface area (Å²) in [5.41, 5.74) is 9.84. The molecule has 0 fully saturated rings. The summed E-state index contributed by atoms with van der Waals surface area (Å²) in [7, 11) is 0. The molecule has 0 N–H and O–H groups in total. The van der Waals surface area contributed by atoms with Gasteiger partial charge in [-0.3, -0.25) is 4.79 Å². The molecule has 1 aromatic rings. The van der Waals surface area contributed by atoms with E-state index in [2.05, 4.69) is 10.0 Å². The summed E-state index contributed by atoms with van der Waals surface area (Å²) in [5.74, 6) is 0. The number of nitrogens with zero attached hydrogens (tertiary/aromatic N) is 3. The Morgan fingerprint density at radius 1 is 1.50 bits per heavy atom. The molecule has 0 saturated heterocycles. The van der Waals surface area contributed by atoms with Crippen LogP contribution >= 0.6 is 0 Å². The molecule has 1 rings (SSSR count). The van der Waals surface area contributed by atoms with Crippen molar-refractivity contribution in [1.29, 1.82) is 0 Å². The van der Waals surface area contributed by atoms with E-state index in [0.29, 0.717) is 12.1 Å². The van der Waals surface area contributed by atoms with Crippen molar-refractivity contribution in [3.8, 4) is 0 Å². The number of carbonyl (C=O) groups is 1. The van der Waals surface area contributed by atoms with Crippen LogP contribution in [0, 0.1) is 0 Å². The molecule has 0 aliphatic heterocycles. The molecule has 0 aromatic heterocycles. The zero-order chi connectivity index (χ0) is 10.2. The monoisotopic (exact) mass is 189 g/mol. The summed E-state index contributed by atoms with van der Waals surface area (Å²) < 4.78 is 0. The van der Waals surface area contributed by atoms with Gasteiger partial charge in [-0.25, -0.2) is 0 Å². The zero-order valence-corrected chi connectivity index (χ0v) is 7.76. The van der Waals surface area contributed by atoms with E-state index in [9.17, 15) is 4.79 Å². The maximum atomic E-state index is 10.5. The molecule has 72 valence electrons. The van der Waals surface area contributed by atoms with Gasteiger partial charge in [-0.15, -0.1) is 0 Å². The number of hydrogen-bond acceptors (Lipinski definition) is 2. The second kappa shape index (κ2) is 5.78. The number of hydrogen-bond donors (Lipinski definition) is 0. The predicted molar refractivity (Wildman–Crippen MR) is 54.2 cm³/mol. The molecule has 14 heavy (non-hydrogen) atoms. The van der Waals surface area contributed by atoms with Gasteiger partial charge in [0.2, 0.25) is 0 Å². The van der Waals surface area contributed by atoms with Crippen LogP contribution in [0.2, 0.25) is 0 Å². The lowest BCUT2D eigenvalue weighted by Gasteiger charge is -1.99. The highest BCUT2D eigenvalue weighted by Gasteiger charge is 1.94. The third kappa shape index (κ3) is 3.29. The van der Waals surface area contributed by atoms with Crippen molar-refractivity contribution >= 4 is 6.29 Å². The molecule has 4 nitrogen and oxygen atoms in total. The van der Waals surface area contributed by atoms with Crippen molar-refractivity contribution in [2.75, 3.05) is 6.54 Å². The summed E-state index contributed by atoms with van der Waals surface area (Å²) in [6.07, 6.45) is 2.48. The fourth-order valence-electron chi connectivity index (χ4n) is 1.22. The average molecular weight is 189 g/mol. The first-order valence-corrected chi connectivity index (χ1v) is 4.42. The van der Waals surface area contributed by atoms with Gasteiger partial charge < -0.3 is 0 Å². The fourth-order valence-corrected chi connectivity index (χ4v) is 1.22. The zero-order valence-electron chi connectivity index (χ0n) is 7.76. The minimum absolute atomic E-state index is 0.502. The van der Waals surface area contributed by atoms with Crippen LogP contribution in [0.25, 0.3) is 10.4 Å². The lowest BCUT2D eigenvalue weighted by Crippen LogP contribution is -1.89. The molecule has 0 bridgehead atoms. The van der Waals surface area contributed by atoms with Crippen molar-refractivity contribution in [3.63, 3.8) is 0 Å². The van der Waals surface area contributed by atoms with E-state index >= 15 is 0 Å². The molecule has 0 unspecified atom stereocenters. The molecule has 0 aliphatic rings. The normalized spacial score (nSPS) is 9.14. The summed E-state index contributed by atoms with van der Waals surface area (Å²) in [5, 5.41) is 3.44. The molecule has 0 radical (unpaired) electrons. The first kappa shape index (κ1) is 10.3. The number of carbonyl (C=O) groups excluding carboxylic acids is 1. The Labute approximate surface area is 82.2 Å². The Morgan fingerprint density at radius 2 is 2.36 bits per heavy atom. The van der Waals surface area contributed by atoms with Gasteiger partial charge in [0.25, 0.3) is 0 Å². The molecule has 0 amide bonds. The molecule has 0 heterocycles. The smallest absolute Gasteiger partial charge is 0.150 e. The van der Waals surface area contributed by atoms with E-state index in [-0.39, 0.29) is 0 Å². The number of benzene rings is 1. The highest BCUT2D eigenvalue weighted by Crippen LogP contribution is 2.05. The molecule has 1 aromatic carbocycles. The molecular weight excluding hydrogens is 178 g/mol. The van der Waals surface area contributed by atoms with Gasteiger partial charge in [-0.2, -0.15) is 0 Å². The second-order valence-electron chi connectivity index (χ2n) is 2.92. The molecule has 0 aliphatic carbocycles. The maximum Gasteiger partial charge on any atom is 0.150 e. The molecule has 0 spiro atoms. The predicted octanol–water partition coefficient (Wildman–Crippen LogP) is 2.74. The van der Waals surface area contributed by atoms with Crippen LogP contribution in [0.3, 0.4) is 0 Å². The Bertz CT molecular complexity index is 356. The number of azide groups is 1. The lowest BCUT2D eigenvalue weighted by molar-refractivity contribution is 0.112. The molecule has 0 saturated carbocycles. The third-order valence-electron chi connectivity index (χ3n) is 1.87. The summed E-state index contributed by atoms with van der Waals surface area (Å²) in [6, 6.07) is 7.43. The highest BCUT2D eigenvalue weighted by molar-refractivity contribution is 5.74. The van der Waals surface area contributed by atoms with E-state index in [0.717, 1.165) is 24.7 Å². The SMILES string of the molecule is [N-]=[N+]=NCCCc1cccc(C=O)c1. The van der Waals surface area contributed by atoms with E-state index in [4.69, 9.17) is 5.53 Å². The quantitative estimate of drug-likeness (QED) is 0.231. The van der Waals surface area contributed by atoms with Gasteiger partial charge in [-0.1, -0.05) is 23.3 Å². The summed E-state index contributed by atoms with van der Waals surface area (Å²) >= 11 is 0. The van der Waals surface area contributed by atoms with Crippen molar-refractivity contribution in [1.82, 2.24) is 0 Å². The van der Waals surface area contributed by atoms with Crippen molar-refractivity contribution in [2.24, 2.45) is 5.11 Å². The minimum Gasteiger partial charge on any atom is -0.298 e. The van der Waals surface area contributed by atoms with Crippen LogP contribution < -0.4 is 0 Å². The second-order valence-corrected chi connectivity index (χ2v) is 2.92. The van der Waals surface area contributed by atoms with Crippen molar-refractivity contribution in [2.45, 2.75) is 12.8 Å². The van der Waals surface area contributed by atoms with Crippen LogP contribution in [0.1, 0.15) is 22.3 Å². The van der Waals surface area contributed by atoms with E-state index in [1.165, 1.54) is 0 Å². The van der Waals surface area contributed by atoms with E-state index < -0.39 is 0 Å².